The molecule has 1 atom stereocenters. The molecular weight excluding hydrogens is 190 g/mol. The first kappa shape index (κ1) is 10.6. The van der Waals surface area contributed by atoms with Crippen LogP contribution in [-0.2, 0) is 13.5 Å². The van der Waals surface area contributed by atoms with E-state index in [1.54, 1.807) is 4.68 Å². The molecule has 0 spiro atoms. The van der Waals surface area contributed by atoms with Gasteiger partial charge in [-0.2, -0.15) is 0 Å². The van der Waals surface area contributed by atoms with Gasteiger partial charge in [0, 0.05) is 25.7 Å². The Balaban J connectivity index is 1.95. The fourth-order valence-electron chi connectivity index (χ4n) is 2.44. The first-order valence-corrected chi connectivity index (χ1v) is 5.61. The van der Waals surface area contributed by atoms with E-state index in [2.05, 4.69) is 15.7 Å². The number of rotatable bonds is 4. The molecule has 1 heterocycles. The number of hydrogen-bond donors (Lipinski definition) is 2. The maximum Gasteiger partial charge on any atom is 0.0843 e. The maximum atomic E-state index is 5.60. The highest BCUT2D eigenvalue weighted by Crippen LogP contribution is 2.28. The minimum atomic E-state index is 0.351. The molecule has 0 radical (unpaired) electrons. The van der Waals surface area contributed by atoms with Crippen LogP contribution >= 0.6 is 0 Å². The number of aryl methyl sites for hydroxylation is 1. The molecule has 1 aliphatic rings. The van der Waals surface area contributed by atoms with E-state index in [0.29, 0.717) is 12.0 Å². The van der Waals surface area contributed by atoms with Gasteiger partial charge in [-0.3, -0.25) is 16.0 Å². The van der Waals surface area contributed by atoms with Crippen molar-refractivity contribution in [2.75, 3.05) is 0 Å². The van der Waals surface area contributed by atoms with Crippen LogP contribution in [0.15, 0.2) is 6.20 Å². The highest BCUT2D eigenvalue weighted by Gasteiger charge is 2.24. The zero-order valence-electron chi connectivity index (χ0n) is 9.19. The van der Waals surface area contributed by atoms with Crippen LogP contribution in [-0.4, -0.2) is 21.0 Å². The summed E-state index contributed by atoms with van der Waals surface area (Å²) in [7, 11) is 1.89. The second kappa shape index (κ2) is 4.72. The molecule has 1 aromatic heterocycles. The third-order valence-corrected chi connectivity index (χ3v) is 3.26. The van der Waals surface area contributed by atoms with Crippen molar-refractivity contribution in [1.29, 1.82) is 0 Å². The van der Waals surface area contributed by atoms with Crippen molar-refractivity contribution < 1.29 is 0 Å². The highest BCUT2D eigenvalue weighted by atomic mass is 15.4. The number of nitrogens with zero attached hydrogens (tertiary/aromatic N) is 3. The zero-order valence-corrected chi connectivity index (χ0v) is 9.19. The molecule has 2 rings (SSSR count). The first-order chi connectivity index (χ1) is 7.29. The van der Waals surface area contributed by atoms with Gasteiger partial charge in [0.2, 0.25) is 0 Å². The molecule has 0 aliphatic heterocycles. The van der Waals surface area contributed by atoms with Crippen LogP contribution < -0.4 is 11.3 Å². The molecule has 5 nitrogen and oxygen atoms in total. The molecule has 0 saturated heterocycles. The Kier molecular flexibility index (Phi) is 3.33. The smallest absolute Gasteiger partial charge is 0.0843 e. The molecular formula is C10H19N5. The van der Waals surface area contributed by atoms with E-state index in [1.165, 1.54) is 25.7 Å². The standard InChI is InChI=1S/C10H19N5/c1-15-7-9(13-14-15)6-10(12-11)8-4-2-3-5-8/h7-8,10,12H,2-6,11H2,1H3. The monoisotopic (exact) mass is 209 g/mol. The summed E-state index contributed by atoms with van der Waals surface area (Å²) in [6, 6.07) is 0.351. The average molecular weight is 209 g/mol. The minimum Gasteiger partial charge on any atom is -0.271 e. The Bertz CT molecular complexity index is 303. The van der Waals surface area contributed by atoms with Crippen LogP contribution in [0, 0.1) is 5.92 Å². The van der Waals surface area contributed by atoms with Crippen LogP contribution in [0.4, 0.5) is 0 Å². The molecule has 0 aromatic carbocycles. The highest BCUT2D eigenvalue weighted by molar-refractivity contribution is 4.97. The summed E-state index contributed by atoms with van der Waals surface area (Å²) in [5.41, 5.74) is 3.95. The average Bonchev–Trinajstić information content (AvgIpc) is 2.85. The van der Waals surface area contributed by atoms with Crippen molar-refractivity contribution >= 4 is 0 Å². The number of nitrogens with two attached hydrogens (primary N) is 1. The summed E-state index contributed by atoms with van der Waals surface area (Å²) in [4.78, 5) is 0. The maximum absolute atomic E-state index is 5.60. The fourth-order valence-corrected chi connectivity index (χ4v) is 2.44. The quantitative estimate of drug-likeness (QED) is 0.555. The van der Waals surface area contributed by atoms with E-state index in [1.807, 2.05) is 13.2 Å². The second-order valence-corrected chi connectivity index (χ2v) is 4.41. The second-order valence-electron chi connectivity index (χ2n) is 4.41. The molecule has 1 fully saturated rings. The summed E-state index contributed by atoms with van der Waals surface area (Å²) in [5, 5.41) is 8.02. The van der Waals surface area contributed by atoms with Gasteiger partial charge in [0.05, 0.1) is 5.69 Å². The molecule has 0 bridgehead atoms. The molecule has 1 aliphatic carbocycles. The van der Waals surface area contributed by atoms with Crippen LogP contribution in [0.3, 0.4) is 0 Å². The van der Waals surface area contributed by atoms with Crippen molar-refractivity contribution in [3.63, 3.8) is 0 Å². The zero-order chi connectivity index (χ0) is 10.7. The van der Waals surface area contributed by atoms with Crippen LogP contribution in [0.25, 0.3) is 0 Å². The lowest BCUT2D eigenvalue weighted by Crippen LogP contribution is -2.41. The lowest BCUT2D eigenvalue weighted by atomic mass is 9.95. The normalized spacial score (nSPS) is 19.6. The number of nitrogens with one attached hydrogen (secondary N) is 1. The first-order valence-electron chi connectivity index (χ1n) is 5.61. The van der Waals surface area contributed by atoms with E-state index in [9.17, 15) is 0 Å². The summed E-state index contributed by atoms with van der Waals surface area (Å²) in [6.07, 6.45) is 8.09. The summed E-state index contributed by atoms with van der Waals surface area (Å²) in [5.74, 6) is 6.31. The molecule has 5 heteroatoms. The minimum absolute atomic E-state index is 0.351. The van der Waals surface area contributed by atoms with Crippen LogP contribution in [0.5, 0.6) is 0 Å². The van der Waals surface area contributed by atoms with Gasteiger partial charge in [0.25, 0.3) is 0 Å². The van der Waals surface area contributed by atoms with Gasteiger partial charge >= 0.3 is 0 Å². The SMILES string of the molecule is Cn1cc(CC(NN)C2CCCC2)nn1. The molecule has 84 valence electrons. The van der Waals surface area contributed by atoms with Crippen molar-refractivity contribution in [2.45, 2.75) is 38.1 Å². The predicted molar refractivity (Wildman–Crippen MR) is 57.8 cm³/mol. The Labute approximate surface area is 90.0 Å². The van der Waals surface area contributed by atoms with Gasteiger partial charge in [-0.05, 0) is 18.8 Å². The lowest BCUT2D eigenvalue weighted by Gasteiger charge is -2.21. The predicted octanol–water partition coefficient (Wildman–Crippen LogP) is 0.380. The van der Waals surface area contributed by atoms with Gasteiger partial charge in [-0.25, -0.2) is 0 Å². The van der Waals surface area contributed by atoms with E-state index in [0.717, 1.165) is 12.1 Å². The third-order valence-electron chi connectivity index (χ3n) is 3.26. The van der Waals surface area contributed by atoms with E-state index in [4.69, 9.17) is 5.84 Å². The number of hydrazine groups is 1. The summed E-state index contributed by atoms with van der Waals surface area (Å²) >= 11 is 0. The molecule has 0 amide bonds. The lowest BCUT2D eigenvalue weighted by molar-refractivity contribution is 0.359. The molecule has 1 saturated carbocycles. The topological polar surface area (TPSA) is 68.8 Å². The van der Waals surface area contributed by atoms with Crippen LogP contribution in [0.1, 0.15) is 31.4 Å². The Morgan fingerprint density at radius 2 is 2.33 bits per heavy atom. The van der Waals surface area contributed by atoms with Gasteiger partial charge in [-0.15, -0.1) is 5.10 Å². The Hall–Kier alpha value is -0.940. The largest absolute Gasteiger partial charge is 0.271 e. The molecule has 1 unspecified atom stereocenters. The molecule has 3 N–H and O–H groups in total. The van der Waals surface area contributed by atoms with Crippen molar-refractivity contribution in [3.05, 3.63) is 11.9 Å². The summed E-state index contributed by atoms with van der Waals surface area (Å²) in [6.45, 7) is 0. The van der Waals surface area contributed by atoms with Crippen molar-refractivity contribution in [1.82, 2.24) is 20.4 Å². The van der Waals surface area contributed by atoms with Gasteiger partial charge in [0.1, 0.15) is 0 Å². The van der Waals surface area contributed by atoms with Crippen LogP contribution in [0.2, 0.25) is 0 Å². The molecule has 15 heavy (non-hydrogen) atoms. The molecule has 1 aromatic rings. The third kappa shape index (κ3) is 2.54. The fraction of sp³-hybridized carbons (Fsp3) is 0.800. The van der Waals surface area contributed by atoms with Crippen molar-refractivity contribution in [3.8, 4) is 0 Å². The van der Waals surface area contributed by atoms with E-state index in [-0.39, 0.29) is 0 Å². The number of aromatic nitrogens is 3. The van der Waals surface area contributed by atoms with Crippen molar-refractivity contribution in [2.24, 2.45) is 18.8 Å². The Morgan fingerprint density at radius 1 is 1.60 bits per heavy atom. The number of hydrogen-bond acceptors (Lipinski definition) is 4. The van der Waals surface area contributed by atoms with Gasteiger partial charge in [0.15, 0.2) is 0 Å². The van der Waals surface area contributed by atoms with E-state index >= 15 is 0 Å². The van der Waals surface area contributed by atoms with Gasteiger partial charge in [-0.1, -0.05) is 18.1 Å². The summed E-state index contributed by atoms with van der Waals surface area (Å²) < 4.78 is 1.73. The van der Waals surface area contributed by atoms with E-state index < -0.39 is 0 Å². The Morgan fingerprint density at radius 3 is 2.87 bits per heavy atom. The van der Waals surface area contributed by atoms with Gasteiger partial charge < -0.3 is 0 Å².